The summed E-state index contributed by atoms with van der Waals surface area (Å²) in [7, 11) is 0. The summed E-state index contributed by atoms with van der Waals surface area (Å²) in [6.45, 7) is 8.27. The van der Waals surface area contributed by atoms with Gasteiger partial charge in [0.15, 0.2) is 11.3 Å². The van der Waals surface area contributed by atoms with Crippen LogP contribution in [0.2, 0.25) is 0 Å². The second kappa shape index (κ2) is 8.68. The van der Waals surface area contributed by atoms with E-state index >= 15 is 0 Å². The lowest BCUT2D eigenvalue weighted by molar-refractivity contribution is -0.139. The Hall–Kier alpha value is -3.17. The lowest BCUT2D eigenvalue weighted by atomic mass is 10.1. The Labute approximate surface area is 174 Å². The molecule has 0 saturated carbocycles. The molecule has 0 aromatic carbocycles. The first kappa shape index (κ1) is 20.1. The zero-order chi connectivity index (χ0) is 21.1. The monoisotopic (exact) mass is 411 g/mol. The average Bonchev–Trinajstić information content (AvgIpc) is 3.30. The number of aromatic amines is 1. The first-order chi connectivity index (χ1) is 14.6. The molecule has 0 radical (unpaired) electrons. The summed E-state index contributed by atoms with van der Waals surface area (Å²) in [4.78, 5) is 35.1. The van der Waals surface area contributed by atoms with E-state index in [1.165, 1.54) is 0 Å². The first-order valence-electron chi connectivity index (χ1n) is 10.1. The van der Waals surface area contributed by atoms with E-state index in [-0.39, 0.29) is 23.8 Å². The number of fused-ring (bicyclic) bond motifs is 1. The fourth-order valence-corrected chi connectivity index (χ4v) is 3.55. The average molecular weight is 411 g/mol. The molecule has 9 nitrogen and oxygen atoms in total. The fourth-order valence-electron chi connectivity index (χ4n) is 3.55. The SMILES string of the molecule is CCOC(=O)C1=C(NN2CCN(CC)CC2)O/C(=C\c2c[nH]c3ncccc23)C1=O. The summed E-state index contributed by atoms with van der Waals surface area (Å²) < 4.78 is 10.9. The number of likely N-dealkylation sites (N-methyl/N-ethyl adjacent to an activating group) is 1. The van der Waals surface area contributed by atoms with E-state index in [1.807, 2.05) is 17.1 Å². The molecule has 0 unspecified atom stereocenters. The van der Waals surface area contributed by atoms with Crippen LogP contribution in [-0.2, 0) is 19.1 Å². The van der Waals surface area contributed by atoms with Crippen LogP contribution in [0.1, 0.15) is 19.4 Å². The minimum absolute atomic E-state index is 0.0671. The Bertz CT molecular complexity index is 1020. The standard InChI is InChI=1S/C21H25N5O4/c1-3-25-8-10-26(11-9-25)24-20-17(21(28)29-4-2)18(27)16(30-20)12-14-13-23-19-15(14)6-5-7-22-19/h5-7,12-13,24H,3-4,8-11H2,1-2H3,(H,22,23)/b16-12-. The number of H-pyrrole nitrogens is 1. The normalized spacial score (nSPS) is 19.5. The van der Waals surface area contributed by atoms with Gasteiger partial charge in [-0.3, -0.25) is 10.2 Å². The van der Waals surface area contributed by atoms with Gasteiger partial charge in [0.25, 0.3) is 0 Å². The Morgan fingerprint density at radius 1 is 1.33 bits per heavy atom. The van der Waals surface area contributed by atoms with Crippen LogP contribution in [0.4, 0.5) is 0 Å². The van der Waals surface area contributed by atoms with Crippen molar-refractivity contribution in [2.75, 3.05) is 39.3 Å². The number of rotatable bonds is 6. The van der Waals surface area contributed by atoms with Gasteiger partial charge in [-0.05, 0) is 31.7 Å². The molecule has 0 amide bonds. The van der Waals surface area contributed by atoms with Crippen molar-refractivity contribution in [3.8, 4) is 0 Å². The molecule has 9 heteroatoms. The number of aromatic nitrogens is 2. The van der Waals surface area contributed by atoms with E-state index in [9.17, 15) is 9.59 Å². The van der Waals surface area contributed by atoms with Crippen molar-refractivity contribution in [1.29, 1.82) is 0 Å². The highest BCUT2D eigenvalue weighted by Crippen LogP contribution is 2.28. The topological polar surface area (TPSA) is 99.8 Å². The highest BCUT2D eigenvalue weighted by Gasteiger charge is 2.38. The molecule has 4 rings (SSSR count). The second-order valence-electron chi connectivity index (χ2n) is 7.04. The summed E-state index contributed by atoms with van der Waals surface area (Å²) in [5.41, 5.74) is 4.46. The molecule has 1 fully saturated rings. The number of hydrazine groups is 1. The Balaban J connectivity index is 1.59. The van der Waals surface area contributed by atoms with Gasteiger partial charge in [0.05, 0.1) is 6.61 Å². The van der Waals surface area contributed by atoms with Gasteiger partial charge < -0.3 is 19.4 Å². The molecule has 0 aliphatic carbocycles. The number of piperazine rings is 1. The van der Waals surface area contributed by atoms with Crippen molar-refractivity contribution in [1.82, 2.24) is 25.3 Å². The number of carbonyl (C=O) groups excluding carboxylic acids is 2. The van der Waals surface area contributed by atoms with Crippen LogP contribution < -0.4 is 5.43 Å². The zero-order valence-electron chi connectivity index (χ0n) is 17.1. The van der Waals surface area contributed by atoms with Crippen molar-refractivity contribution in [3.05, 3.63) is 47.3 Å². The van der Waals surface area contributed by atoms with Gasteiger partial charge in [0, 0.05) is 49.5 Å². The molecular weight excluding hydrogens is 386 g/mol. The van der Waals surface area contributed by atoms with Crippen LogP contribution in [0.5, 0.6) is 0 Å². The summed E-state index contributed by atoms with van der Waals surface area (Å²) in [5, 5.41) is 2.81. The molecule has 0 atom stereocenters. The smallest absolute Gasteiger partial charge is 0.347 e. The number of Topliss-reactive ketones (excluding diaryl/α,β-unsaturated/α-hetero) is 1. The number of nitrogens with zero attached hydrogens (tertiary/aromatic N) is 3. The quantitative estimate of drug-likeness (QED) is 0.418. The number of pyridine rings is 1. The van der Waals surface area contributed by atoms with Gasteiger partial charge in [-0.15, -0.1) is 0 Å². The van der Waals surface area contributed by atoms with Crippen LogP contribution in [0.15, 0.2) is 41.7 Å². The molecule has 2 N–H and O–H groups in total. The third kappa shape index (κ3) is 3.94. The second-order valence-corrected chi connectivity index (χ2v) is 7.04. The van der Waals surface area contributed by atoms with Gasteiger partial charge >= 0.3 is 5.97 Å². The number of carbonyl (C=O) groups is 2. The maximum atomic E-state index is 13.0. The highest BCUT2D eigenvalue weighted by atomic mass is 16.5. The van der Waals surface area contributed by atoms with Gasteiger partial charge in [0.1, 0.15) is 5.65 Å². The molecule has 158 valence electrons. The molecule has 2 aromatic rings. The van der Waals surface area contributed by atoms with E-state index in [4.69, 9.17) is 9.47 Å². The van der Waals surface area contributed by atoms with Crippen LogP contribution in [0.3, 0.4) is 0 Å². The number of hydrogen-bond donors (Lipinski definition) is 2. The van der Waals surface area contributed by atoms with Gasteiger partial charge in [-0.25, -0.2) is 14.8 Å². The molecular formula is C21H25N5O4. The zero-order valence-corrected chi connectivity index (χ0v) is 17.1. The van der Waals surface area contributed by atoms with Crippen molar-refractivity contribution < 1.29 is 19.1 Å². The minimum atomic E-state index is -0.693. The molecule has 2 aromatic heterocycles. The molecule has 4 heterocycles. The lowest BCUT2D eigenvalue weighted by Gasteiger charge is -2.34. The number of ketones is 1. The van der Waals surface area contributed by atoms with Crippen LogP contribution in [0.25, 0.3) is 17.1 Å². The number of hydrogen-bond acceptors (Lipinski definition) is 8. The Morgan fingerprint density at radius 2 is 2.13 bits per heavy atom. The third-order valence-corrected chi connectivity index (χ3v) is 5.22. The molecule has 0 bridgehead atoms. The summed E-state index contributed by atoms with van der Waals surface area (Å²) in [5.74, 6) is -1.01. The van der Waals surface area contributed by atoms with E-state index < -0.39 is 11.8 Å². The Kier molecular flexibility index (Phi) is 5.82. The molecule has 0 spiro atoms. The molecule has 2 aliphatic rings. The number of esters is 1. The van der Waals surface area contributed by atoms with Crippen LogP contribution >= 0.6 is 0 Å². The lowest BCUT2D eigenvalue weighted by Crippen LogP contribution is -2.51. The number of allylic oxidation sites excluding steroid dienone is 1. The van der Waals surface area contributed by atoms with Crippen molar-refractivity contribution in [3.63, 3.8) is 0 Å². The maximum Gasteiger partial charge on any atom is 0.347 e. The van der Waals surface area contributed by atoms with E-state index in [1.54, 1.807) is 25.4 Å². The largest absolute Gasteiger partial charge is 0.462 e. The number of ether oxygens (including phenoxy) is 2. The first-order valence-corrected chi connectivity index (χ1v) is 10.1. The summed E-state index contributed by atoms with van der Waals surface area (Å²) in [6, 6.07) is 3.72. The summed E-state index contributed by atoms with van der Waals surface area (Å²) in [6.07, 6.45) is 5.06. The molecule has 1 saturated heterocycles. The van der Waals surface area contributed by atoms with Gasteiger partial charge in [0.2, 0.25) is 11.7 Å². The van der Waals surface area contributed by atoms with E-state index in [2.05, 4.69) is 27.2 Å². The predicted molar refractivity (Wildman–Crippen MR) is 111 cm³/mol. The van der Waals surface area contributed by atoms with Gasteiger partial charge in [-0.1, -0.05) is 6.92 Å². The third-order valence-electron chi connectivity index (χ3n) is 5.22. The Morgan fingerprint density at radius 3 is 2.87 bits per heavy atom. The van der Waals surface area contributed by atoms with Crippen LogP contribution in [-0.4, -0.2) is 71.0 Å². The highest BCUT2D eigenvalue weighted by molar-refractivity contribution is 6.26. The van der Waals surface area contributed by atoms with E-state index in [0.29, 0.717) is 5.65 Å². The summed E-state index contributed by atoms with van der Waals surface area (Å²) >= 11 is 0. The van der Waals surface area contributed by atoms with Crippen molar-refractivity contribution >= 4 is 28.9 Å². The fraction of sp³-hybridized carbons (Fsp3) is 0.381. The van der Waals surface area contributed by atoms with Gasteiger partial charge in [-0.2, -0.15) is 0 Å². The van der Waals surface area contributed by atoms with Crippen molar-refractivity contribution in [2.24, 2.45) is 0 Å². The molecule has 2 aliphatic heterocycles. The van der Waals surface area contributed by atoms with E-state index in [0.717, 1.165) is 43.7 Å². The number of nitrogens with one attached hydrogen (secondary N) is 2. The molecule has 30 heavy (non-hydrogen) atoms. The maximum absolute atomic E-state index is 13.0. The van der Waals surface area contributed by atoms with Crippen LogP contribution in [0, 0.1) is 0 Å². The predicted octanol–water partition coefficient (Wildman–Crippen LogP) is 1.42. The minimum Gasteiger partial charge on any atom is -0.462 e. The van der Waals surface area contributed by atoms with Crippen molar-refractivity contribution in [2.45, 2.75) is 13.8 Å².